The van der Waals surface area contributed by atoms with Gasteiger partial charge in [0.1, 0.15) is 10.0 Å². The molecule has 1 aromatic rings. The van der Waals surface area contributed by atoms with Gasteiger partial charge in [0.15, 0.2) is 0 Å². The van der Waals surface area contributed by atoms with Gasteiger partial charge >= 0.3 is 0 Å². The summed E-state index contributed by atoms with van der Waals surface area (Å²) in [4.78, 5) is 0. The molecule has 1 aromatic heterocycles. The molecule has 5 heteroatoms. The van der Waals surface area contributed by atoms with Crippen molar-refractivity contribution >= 4 is 11.3 Å². The molecule has 0 amide bonds. The Balaban J connectivity index is 1.88. The molecule has 1 atom stereocenters. The molecule has 2 heterocycles. The van der Waals surface area contributed by atoms with E-state index in [1.807, 2.05) is 0 Å². The van der Waals surface area contributed by atoms with E-state index in [4.69, 9.17) is 10.5 Å². The summed E-state index contributed by atoms with van der Waals surface area (Å²) in [6.45, 7) is 1.55. The molecule has 0 bridgehead atoms. The Hall–Kier alpha value is -0.520. The zero-order valence-corrected chi connectivity index (χ0v) is 8.92. The van der Waals surface area contributed by atoms with E-state index in [1.165, 1.54) is 6.42 Å². The molecule has 1 fully saturated rings. The first-order chi connectivity index (χ1) is 6.88. The Bertz CT molecular complexity index is 283. The summed E-state index contributed by atoms with van der Waals surface area (Å²) < 4.78 is 5.54. The largest absolute Gasteiger partial charge is 0.378 e. The van der Waals surface area contributed by atoms with Crippen LogP contribution in [0.15, 0.2) is 0 Å². The minimum atomic E-state index is 0.369. The lowest BCUT2D eigenvalue weighted by molar-refractivity contribution is 0.111. The smallest absolute Gasteiger partial charge is 0.120 e. The van der Waals surface area contributed by atoms with Crippen molar-refractivity contribution in [2.75, 3.05) is 13.2 Å². The second kappa shape index (κ2) is 4.82. The quantitative estimate of drug-likeness (QED) is 0.802. The third-order valence-corrected chi connectivity index (χ3v) is 3.30. The highest BCUT2D eigenvalue weighted by molar-refractivity contribution is 7.11. The van der Waals surface area contributed by atoms with Crippen LogP contribution in [0.4, 0.5) is 0 Å². The van der Waals surface area contributed by atoms with Crippen molar-refractivity contribution in [2.24, 2.45) is 5.73 Å². The van der Waals surface area contributed by atoms with E-state index in [0.717, 1.165) is 35.9 Å². The number of nitrogens with two attached hydrogens (primary N) is 1. The van der Waals surface area contributed by atoms with Crippen LogP contribution in [-0.2, 0) is 17.6 Å². The predicted octanol–water partition coefficient (Wildman–Crippen LogP) is 0.761. The number of hydrogen-bond acceptors (Lipinski definition) is 5. The molecule has 0 saturated carbocycles. The molecular weight excluding hydrogens is 198 g/mol. The minimum Gasteiger partial charge on any atom is -0.378 e. The normalized spacial score (nSPS) is 21.6. The number of aromatic nitrogens is 2. The van der Waals surface area contributed by atoms with Crippen LogP contribution in [-0.4, -0.2) is 29.5 Å². The summed E-state index contributed by atoms with van der Waals surface area (Å²) in [5.41, 5.74) is 5.45. The van der Waals surface area contributed by atoms with Crippen LogP contribution in [0.2, 0.25) is 0 Å². The van der Waals surface area contributed by atoms with Crippen LogP contribution in [0.1, 0.15) is 22.9 Å². The van der Waals surface area contributed by atoms with E-state index < -0.39 is 0 Å². The first kappa shape index (κ1) is 10.0. The van der Waals surface area contributed by atoms with E-state index in [0.29, 0.717) is 12.6 Å². The lowest BCUT2D eigenvalue weighted by atomic mass is 10.2. The van der Waals surface area contributed by atoms with Crippen LogP contribution in [0, 0.1) is 0 Å². The van der Waals surface area contributed by atoms with E-state index in [1.54, 1.807) is 11.3 Å². The molecule has 0 aliphatic carbocycles. The average molecular weight is 213 g/mol. The molecule has 1 saturated heterocycles. The maximum absolute atomic E-state index is 5.54. The monoisotopic (exact) mass is 213 g/mol. The Morgan fingerprint density at radius 3 is 3.00 bits per heavy atom. The zero-order chi connectivity index (χ0) is 9.80. The van der Waals surface area contributed by atoms with Gasteiger partial charge in [0.25, 0.3) is 0 Å². The SMILES string of the molecule is NCCc1nnc(CC2CCCO2)s1. The van der Waals surface area contributed by atoms with Gasteiger partial charge in [-0.25, -0.2) is 0 Å². The molecule has 1 aliphatic rings. The minimum absolute atomic E-state index is 0.369. The standard InChI is InChI=1S/C9H15N3OS/c10-4-3-8-11-12-9(14-8)6-7-2-1-5-13-7/h7H,1-6,10H2. The van der Waals surface area contributed by atoms with Crippen LogP contribution >= 0.6 is 11.3 Å². The highest BCUT2D eigenvalue weighted by Gasteiger charge is 2.17. The number of ether oxygens (including phenoxy) is 1. The molecule has 0 radical (unpaired) electrons. The highest BCUT2D eigenvalue weighted by atomic mass is 32.1. The second-order valence-electron chi connectivity index (χ2n) is 3.47. The molecule has 4 nitrogen and oxygen atoms in total. The van der Waals surface area contributed by atoms with Crippen molar-refractivity contribution in [3.63, 3.8) is 0 Å². The summed E-state index contributed by atoms with van der Waals surface area (Å²) in [6, 6.07) is 0. The topological polar surface area (TPSA) is 61.0 Å². The molecule has 0 aromatic carbocycles. The third-order valence-electron chi connectivity index (χ3n) is 2.29. The van der Waals surface area contributed by atoms with E-state index in [-0.39, 0.29) is 0 Å². The van der Waals surface area contributed by atoms with Gasteiger partial charge in [-0.05, 0) is 19.4 Å². The Morgan fingerprint density at radius 1 is 1.43 bits per heavy atom. The highest BCUT2D eigenvalue weighted by Crippen LogP contribution is 2.19. The van der Waals surface area contributed by atoms with Crippen molar-refractivity contribution in [3.05, 3.63) is 10.0 Å². The van der Waals surface area contributed by atoms with Crippen LogP contribution < -0.4 is 5.73 Å². The fourth-order valence-electron chi connectivity index (χ4n) is 1.60. The van der Waals surface area contributed by atoms with E-state index in [9.17, 15) is 0 Å². The van der Waals surface area contributed by atoms with Gasteiger partial charge < -0.3 is 10.5 Å². The maximum atomic E-state index is 5.54. The summed E-state index contributed by atoms with van der Waals surface area (Å²) in [7, 11) is 0. The summed E-state index contributed by atoms with van der Waals surface area (Å²) in [5, 5.41) is 10.3. The molecule has 2 rings (SSSR count). The zero-order valence-electron chi connectivity index (χ0n) is 8.11. The van der Waals surface area contributed by atoms with Crippen molar-refractivity contribution in [3.8, 4) is 0 Å². The van der Waals surface area contributed by atoms with Gasteiger partial charge in [-0.3, -0.25) is 0 Å². The molecular formula is C9H15N3OS. The Morgan fingerprint density at radius 2 is 2.29 bits per heavy atom. The molecule has 14 heavy (non-hydrogen) atoms. The van der Waals surface area contributed by atoms with Crippen molar-refractivity contribution in [1.29, 1.82) is 0 Å². The van der Waals surface area contributed by atoms with Crippen LogP contribution in [0.25, 0.3) is 0 Å². The summed E-state index contributed by atoms with van der Waals surface area (Å²) in [5.74, 6) is 0. The predicted molar refractivity (Wildman–Crippen MR) is 55.3 cm³/mol. The second-order valence-corrected chi connectivity index (χ2v) is 4.61. The number of rotatable bonds is 4. The first-order valence-electron chi connectivity index (χ1n) is 5.01. The lowest BCUT2D eigenvalue weighted by Crippen LogP contribution is -2.08. The van der Waals surface area contributed by atoms with Crippen LogP contribution in [0.3, 0.4) is 0 Å². The van der Waals surface area contributed by atoms with Gasteiger partial charge in [0.2, 0.25) is 0 Å². The summed E-state index contributed by atoms with van der Waals surface area (Å²) in [6.07, 6.45) is 4.46. The van der Waals surface area contributed by atoms with E-state index >= 15 is 0 Å². The maximum Gasteiger partial charge on any atom is 0.120 e. The van der Waals surface area contributed by atoms with Crippen molar-refractivity contribution in [1.82, 2.24) is 10.2 Å². The van der Waals surface area contributed by atoms with E-state index in [2.05, 4.69) is 10.2 Å². The molecule has 2 N–H and O–H groups in total. The molecule has 1 unspecified atom stereocenters. The van der Waals surface area contributed by atoms with Gasteiger partial charge in [0.05, 0.1) is 6.10 Å². The number of nitrogens with zero attached hydrogens (tertiary/aromatic N) is 2. The van der Waals surface area contributed by atoms with Gasteiger partial charge in [0, 0.05) is 19.4 Å². The fraction of sp³-hybridized carbons (Fsp3) is 0.778. The fourth-order valence-corrected chi connectivity index (χ4v) is 2.52. The number of hydrogen-bond donors (Lipinski definition) is 1. The Labute approximate surface area is 87.5 Å². The molecule has 0 spiro atoms. The molecule has 78 valence electrons. The third kappa shape index (κ3) is 2.50. The lowest BCUT2D eigenvalue weighted by Gasteiger charge is -2.04. The molecule has 1 aliphatic heterocycles. The van der Waals surface area contributed by atoms with Gasteiger partial charge in [-0.2, -0.15) is 0 Å². The van der Waals surface area contributed by atoms with Crippen molar-refractivity contribution < 1.29 is 4.74 Å². The summed E-state index contributed by atoms with van der Waals surface area (Å²) >= 11 is 1.66. The Kier molecular flexibility index (Phi) is 3.44. The van der Waals surface area contributed by atoms with Gasteiger partial charge in [-0.15, -0.1) is 21.5 Å². The van der Waals surface area contributed by atoms with Gasteiger partial charge in [-0.1, -0.05) is 0 Å². The van der Waals surface area contributed by atoms with Crippen LogP contribution in [0.5, 0.6) is 0 Å². The average Bonchev–Trinajstić information content (AvgIpc) is 2.79. The first-order valence-corrected chi connectivity index (χ1v) is 5.83. The van der Waals surface area contributed by atoms with Crippen molar-refractivity contribution in [2.45, 2.75) is 31.8 Å².